The van der Waals surface area contributed by atoms with Gasteiger partial charge in [-0.05, 0) is 24.3 Å². The Hall–Kier alpha value is -3.61. The van der Waals surface area contributed by atoms with E-state index in [9.17, 15) is 9.59 Å². The summed E-state index contributed by atoms with van der Waals surface area (Å²) >= 11 is 0. The van der Waals surface area contributed by atoms with Crippen LogP contribution in [0.1, 0.15) is 16.1 Å². The van der Waals surface area contributed by atoms with Crippen LogP contribution < -0.4 is 10.2 Å². The number of methoxy groups -OCH3 is 1. The normalized spacial score (nSPS) is 10.8. The Morgan fingerprint density at radius 1 is 1.15 bits per heavy atom. The van der Waals surface area contributed by atoms with Crippen molar-refractivity contribution in [1.29, 1.82) is 0 Å². The number of nitrogens with one attached hydrogen (secondary N) is 1. The van der Waals surface area contributed by atoms with Gasteiger partial charge in [0.25, 0.3) is 0 Å². The fourth-order valence-electron chi connectivity index (χ4n) is 2.22. The molecule has 0 spiro atoms. The number of rotatable bonds is 6. The lowest BCUT2D eigenvalue weighted by molar-refractivity contribution is -0.142. The zero-order valence-electron chi connectivity index (χ0n) is 14.0. The van der Waals surface area contributed by atoms with E-state index in [2.05, 4.69) is 15.3 Å². The molecular formula is C19H16N2O5. The number of hydrogen-bond acceptors (Lipinski definition) is 6. The van der Waals surface area contributed by atoms with Crippen LogP contribution in [0.25, 0.3) is 11.0 Å². The Bertz CT molecular complexity index is 928. The Morgan fingerprint density at radius 2 is 1.92 bits per heavy atom. The first-order valence-electron chi connectivity index (χ1n) is 7.78. The Kier molecular flexibility index (Phi) is 5.28. The molecule has 0 aliphatic carbocycles. The second-order valence-electron chi connectivity index (χ2n) is 5.25. The number of esters is 1. The van der Waals surface area contributed by atoms with Crippen molar-refractivity contribution in [3.05, 3.63) is 65.9 Å². The number of carbonyl (C=O) groups excluding carboxylic acids is 2. The van der Waals surface area contributed by atoms with Crippen molar-refractivity contribution in [2.45, 2.75) is 0 Å². The van der Waals surface area contributed by atoms with Crippen LogP contribution in [0.5, 0.6) is 5.75 Å². The van der Waals surface area contributed by atoms with Crippen LogP contribution in [0.4, 0.5) is 0 Å². The Balaban J connectivity index is 1.66. The highest BCUT2D eigenvalue weighted by Crippen LogP contribution is 2.19. The Labute approximate surface area is 149 Å². The third-order valence-electron chi connectivity index (χ3n) is 3.51. The lowest BCUT2D eigenvalue weighted by Crippen LogP contribution is -2.17. The highest BCUT2D eigenvalue weighted by molar-refractivity contribution is 5.96. The number of furan rings is 1. The van der Waals surface area contributed by atoms with Crippen LogP contribution in [0.2, 0.25) is 0 Å². The lowest BCUT2D eigenvalue weighted by Gasteiger charge is -2.07. The first kappa shape index (κ1) is 17.2. The molecule has 0 fully saturated rings. The molecule has 0 saturated carbocycles. The zero-order chi connectivity index (χ0) is 18.4. The minimum absolute atomic E-state index is 0.165. The number of nitrogens with zero attached hydrogens (tertiary/aromatic N) is 1. The van der Waals surface area contributed by atoms with E-state index < -0.39 is 11.9 Å². The molecule has 0 atom stereocenters. The minimum Gasteiger partial charge on any atom is -0.481 e. The maximum absolute atomic E-state index is 12.1. The second kappa shape index (κ2) is 7.98. The fraction of sp³-hybridized carbons (Fsp3) is 0.105. The van der Waals surface area contributed by atoms with Crippen molar-refractivity contribution in [3.8, 4) is 5.75 Å². The first-order chi connectivity index (χ1) is 12.7. The van der Waals surface area contributed by atoms with Crippen molar-refractivity contribution >= 4 is 29.1 Å². The van der Waals surface area contributed by atoms with Gasteiger partial charge in [-0.25, -0.2) is 10.2 Å². The van der Waals surface area contributed by atoms with Crippen molar-refractivity contribution < 1.29 is 23.5 Å². The summed E-state index contributed by atoms with van der Waals surface area (Å²) in [5.74, 6) is -0.349. The molecular weight excluding hydrogens is 336 g/mol. The van der Waals surface area contributed by atoms with Crippen molar-refractivity contribution in [1.82, 2.24) is 5.43 Å². The van der Waals surface area contributed by atoms with Crippen LogP contribution in [-0.4, -0.2) is 31.8 Å². The van der Waals surface area contributed by atoms with Gasteiger partial charge in [0.1, 0.15) is 11.3 Å². The molecule has 0 saturated heterocycles. The molecule has 2 aromatic carbocycles. The number of hydrogen-bond donors (Lipinski definition) is 1. The number of fused-ring (bicyclic) bond motifs is 1. The van der Waals surface area contributed by atoms with E-state index in [1.165, 1.54) is 13.3 Å². The monoisotopic (exact) mass is 352 g/mol. The predicted octanol–water partition coefficient (Wildman–Crippen LogP) is 2.75. The van der Waals surface area contributed by atoms with Gasteiger partial charge in [-0.3, -0.25) is 4.79 Å². The number of carbonyl (C=O) groups is 2. The summed E-state index contributed by atoms with van der Waals surface area (Å²) in [5, 5.41) is 4.75. The summed E-state index contributed by atoms with van der Waals surface area (Å²) in [6.45, 7) is -0.216. The van der Waals surface area contributed by atoms with Crippen molar-refractivity contribution in [3.63, 3.8) is 0 Å². The molecule has 0 aliphatic heterocycles. The minimum atomic E-state index is -0.491. The zero-order valence-corrected chi connectivity index (χ0v) is 14.0. The second-order valence-corrected chi connectivity index (χ2v) is 5.25. The molecule has 0 unspecified atom stereocenters. The maximum Gasteiger partial charge on any atom is 0.343 e. The van der Waals surface area contributed by atoms with E-state index in [1.807, 2.05) is 18.2 Å². The standard InChI is InChI=1S/C19H16N2O5/c1-24-18(22)12-25-15-8-4-3-7-14(15)11-20-21-19(23)17-10-13-6-2-5-9-16(13)26-17/h2-11H,12H2,1H3,(H,21,23)/b20-11-. The smallest absolute Gasteiger partial charge is 0.343 e. The van der Waals surface area contributed by atoms with Gasteiger partial charge in [0.15, 0.2) is 12.4 Å². The molecule has 7 nitrogen and oxygen atoms in total. The molecule has 1 amide bonds. The molecule has 0 aliphatic rings. The molecule has 7 heteroatoms. The summed E-state index contributed by atoms with van der Waals surface area (Å²) in [7, 11) is 1.28. The number of benzene rings is 2. The summed E-state index contributed by atoms with van der Waals surface area (Å²) < 4.78 is 15.4. The van der Waals surface area contributed by atoms with Crippen LogP contribution in [-0.2, 0) is 9.53 Å². The van der Waals surface area contributed by atoms with Gasteiger partial charge >= 0.3 is 11.9 Å². The van der Waals surface area contributed by atoms with Crippen LogP contribution >= 0.6 is 0 Å². The molecule has 1 heterocycles. The van der Waals surface area contributed by atoms with E-state index in [-0.39, 0.29) is 12.4 Å². The fourth-order valence-corrected chi connectivity index (χ4v) is 2.22. The SMILES string of the molecule is COC(=O)COc1ccccc1/C=N\NC(=O)c1cc2ccccc2o1. The molecule has 1 N–H and O–H groups in total. The molecule has 0 radical (unpaired) electrons. The van der Waals surface area contributed by atoms with Crippen molar-refractivity contribution in [2.75, 3.05) is 13.7 Å². The molecule has 0 bridgehead atoms. The number of para-hydroxylation sites is 2. The van der Waals surface area contributed by atoms with E-state index in [4.69, 9.17) is 9.15 Å². The summed E-state index contributed by atoms with van der Waals surface area (Å²) in [6.07, 6.45) is 1.42. The van der Waals surface area contributed by atoms with E-state index >= 15 is 0 Å². The van der Waals surface area contributed by atoms with Gasteiger partial charge in [0.2, 0.25) is 0 Å². The average molecular weight is 352 g/mol. The summed E-state index contributed by atoms with van der Waals surface area (Å²) in [6, 6.07) is 15.9. The lowest BCUT2D eigenvalue weighted by atomic mass is 10.2. The number of amides is 1. The van der Waals surface area contributed by atoms with Gasteiger partial charge in [0.05, 0.1) is 13.3 Å². The number of hydrazone groups is 1. The van der Waals surface area contributed by atoms with Crippen LogP contribution in [0.3, 0.4) is 0 Å². The first-order valence-corrected chi connectivity index (χ1v) is 7.78. The maximum atomic E-state index is 12.1. The molecule has 132 valence electrons. The largest absolute Gasteiger partial charge is 0.481 e. The van der Waals surface area contributed by atoms with Gasteiger partial charge in [0, 0.05) is 10.9 Å². The summed E-state index contributed by atoms with van der Waals surface area (Å²) in [4.78, 5) is 23.3. The molecule has 3 aromatic rings. The molecule has 26 heavy (non-hydrogen) atoms. The quantitative estimate of drug-likeness (QED) is 0.418. The van der Waals surface area contributed by atoms with E-state index in [0.717, 1.165) is 5.39 Å². The van der Waals surface area contributed by atoms with Crippen LogP contribution in [0, 0.1) is 0 Å². The van der Waals surface area contributed by atoms with Crippen LogP contribution in [0.15, 0.2) is 64.1 Å². The highest BCUT2D eigenvalue weighted by atomic mass is 16.6. The Morgan fingerprint density at radius 3 is 2.73 bits per heavy atom. The third-order valence-corrected chi connectivity index (χ3v) is 3.51. The van der Waals surface area contributed by atoms with Crippen molar-refractivity contribution in [2.24, 2.45) is 5.10 Å². The van der Waals surface area contributed by atoms with E-state index in [0.29, 0.717) is 16.9 Å². The highest BCUT2D eigenvalue weighted by Gasteiger charge is 2.11. The molecule has 3 rings (SSSR count). The third kappa shape index (κ3) is 4.07. The van der Waals surface area contributed by atoms with Gasteiger partial charge < -0.3 is 13.9 Å². The average Bonchev–Trinajstić information content (AvgIpc) is 3.11. The van der Waals surface area contributed by atoms with Gasteiger partial charge in [-0.2, -0.15) is 5.10 Å². The van der Waals surface area contributed by atoms with Gasteiger partial charge in [-0.15, -0.1) is 0 Å². The van der Waals surface area contributed by atoms with E-state index in [1.54, 1.807) is 36.4 Å². The molecule has 1 aromatic heterocycles. The van der Waals surface area contributed by atoms with Gasteiger partial charge in [-0.1, -0.05) is 30.3 Å². The number of ether oxygens (including phenoxy) is 2. The topological polar surface area (TPSA) is 90.1 Å². The predicted molar refractivity (Wildman–Crippen MR) is 95.2 cm³/mol. The summed E-state index contributed by atoms with van der Waals surface area (Å²) in [5.41, 5.74) is 3.63.